The molecule has 0 radical (unpaired) electrons. The fraction of sp³-hybridized carbons (Fsp3) is 0.533. The third-order valence-corrected chi connectivity index (χ3v) is 4.01. The smallest absolute Gasteiger partial charge is 0.230 e. The highest BCUT2D eigenvalue weighted by Gasteiger charge is 2.41. The minimum absolute atomic E-state index is 0.0140. The highest BCUT2D eigenvalue weighted by Crippen LogP contribution is 2.33. The number of carbonyl (C=O) groups excluding carboxylic acids is 1. The molecule has 4 heteroatoms. The monoisotopic (exact) mass is 262 g/mol. The van der Waals surface area contributed by atoms with Crippen molar-refractivity contribution in [3.63, 3.8) is 0 Å². The van der Waals surface area contributed by atoms with Crippen molar-refractivity contribution >= 4 is 17.3 Å². The summed E-state index contributed by atoms with van der Waals surface area (Å²) in [5.74, 6) is 0.0669. The molecule has 0 saturated carbocycles. The molecule has 2 rings (SSSR count). The van der Waals surface area contributed by atoms with Crippen molar-refractivity contribution < 1.29 is 9.53 Å². The highest BCUT2D eigenvalue weighted by molar-refractivity contribution is 5.96. The van der Waals surface area contributed by atoms with E-state index in [2.05, 4.69) is 12.2 Å². The summed E-state index contributed by atoms with van der Waals surface area (Å²) < 4.78 is 5.70. The van der Waals surface area contributed by atoms with Crippen LogP contribution in [-0.4, -0.2) is 18.1 Å². The first-order valence-corrected chi connectivity index (χ1v) is 6.72. The predicted octanol–water partition coefficient (Wildman–Crippen LogP) is 2.58. The van der Waals surface area contributed by atoms with Crippen molar-refractivity contribution in [2.24, 2.45) is 11.8 Å². The number of ether oxygens (including phenoxy) is 1. The second-order valence-electron chi connectivity index (χ2n) is 5.51. The lowest BCUT2D eigenvalue weighted by molar-refractivity contribution is -0.121. The number of nitrogens with one attached hydrogen (secondary N) is 1. The molecule has 1 amide bonds. The van der Waals surface area contributed by atoms with E-state index in [-0.39, 0.29) is 30.0 Å². The van der Waals surface area contributed by atoms with Gasteiger partial charge in [0.1, 0.15) is 0 Å². The van der Waals surface area contributed by atoms with E-state index in [1.807, 2.05) is 39.0 Å². The molecule has 4 unspecified atom stereocenters. The molecule has 1 aromatic rings. The first kappa shape index (κ1) is 13.9. The molecule has 19 heavy (non-hydrogen) atoms. The van der Waals surface area contributed by atoms with Crippen molar-refractivity contribution in [3.8, 4) is 0 Å². The van der Waals surface area contributed by atoms with Gasteiger partial charge in [-0.3, -0.25) is 4.79 Å². The maximum Gasteiger partial charge on any atom is 0.230 e. The number of hydrogen-bond donors (Lipinski definition) is 2. The van der Waals surface area contributed by atoms with E-state index in [0.29, 0.717) is 11.4 Å². The lowest BCUT2D eigenvalue weighted by Gasteiger charge is -2.18. The third kappa shape index (κ3) is 2.73. The minimum Gasteiger partial charge on any atom is -0.397 e. The van der Waals surface area contributed by atoms with Gasteiger partial charge in [0.15, 0.2) is 0 Å². The Bertz CT molecular complexity index is 487. The summed E-state index contributed by atoms with van der Waals surface area (Å²) in [7, 11) is 0. The lowest BCUT2D eigenvalue weighted by Crippen LogP contribution is -2.32. The molecular weight excluding hydrogens is 240 g/mol. The van der Waals surface area contributed by atoms with Crippen LogP contribution in [0.2, 0.25) is 0 Å². The number of nitrogen functional groups attached to an aromatic ring is 1. The van der Waals surface area contributed by atoms with Gasteiger partial charge in [-0.25, -0.2) is 0 Å². The molecule has 1 aromatic carbocycles. The van der Waals surface area contributed by atoms with Crippen molar-refractivity contribution in [2.75, 3.05) is 11.1 Å². The van der Waals surface area contributed by atoms with Gasteiger partial charge in [0, 0.05) is 0 Å². The maximum absolute atomic E-state index is 12.4. The molecule has 104 valence electrons. The number of carbonyl (C=O) groups is 1. The van der Waals surface area contributed by atoms with Crippen LogP contribution in [-0.2, 0) is 9.53 Å². The number of benzene rings is 1. The Balaban J connectivity index is 2.13. The Hall–Kier alpha value is -1.55. The van der Waals surface area contributed by atoms with E-state index in [1.165, 1.54) is 0 Å². The molecule has 1 aliphatic heterocycles. The van der Waals surface area contributed by atoms with Gasteiger partial charge in [-0.1, -0.05) is 13.0 Å². The first-order valence-electron chi connectivity index (χ1n) is 6.72. The summed E-state index contributed by atoms with van der Waals surface area (Å²) in [6, 6.07) is 5.64. The molecule has 0 bridgehead atoms. The fourth-order valence-electron chi connectivity index (χ4n) is 2.73. The zero-order chi connectivity index (χ0) is 14.2. The number of rotatable bonds is 2. The van der Waals surface area contributed by atoms with Crippen LogP contribution >= 0.6 is 0 Å². The SMILES string of the molecule is Cc1ccc(NC(=O)C2C(C)OC(C)C2C)c(N)c1. The molecule has 3 N–H and O–H groups in total. The second kappa shape index (κ2) is 5.21. The van der Waals surface area contributed by atoms with Gasteiger partial charge in [0.25, 0.3) is 0 Å². The summed E-state index contributed by atoms with van der Waals surface area (Å²) in [4.78, 5) is 12.4. The van der Waals surface area contributed by atoms with Gasteiger partial charge < -0.3 is 15.8 Å². The van der Waals surface area contributed by atoms with E-state index in [1.54, 1.807) is 0 Å². The summed E-state index contributed by atoms with van der Waals surface area (Å²) in [6.45, 7) is 7.98. The Morgan fingerprint density at radius 1 is 1.26 bits per heavy atom. The van der Waals surface area contributed by atoms with Crippen LogP contribution < -0.4 is 11.1 Å². The van der Waals surface area contributed by atoms with Crippen molar-refractivity contribution in [2.45, 2.75) is 39.9 Å². The van der Waals surface area contributed by atoms with Crippen molar-refractivity contribution in [1.82, 2.24) is 0 Å². The number of aryl methyl sites for hydroxylation is 1. The van der Waals surface area contributed by atoms with E-state index < -0.39 is 0 Å². The highest BCUT2D eigenvalue weighted by atomic mass is 16.5. The molecule has 1 aliphatic rings. The molecule has 0 aliphatic carbocycles. The average Bonchev–Trinajstić information content (AvgIpc) is 2.57. The van der Waals surface area contributed by atoms with Crippen LogP contribution in [0.3, 0.4) is 0 Å². The standard InChI is InChI=1S/C15H22N2O2/c1-8-5-6-13(12(16)7-8)17-15(18)14-9(2)10(3)19-11(14)4/h5-7,9-11,14H,16H2,1-4H3,(H,17,18). The molecule has 4 nitrogen and oxygen atoms in total. The number of amides is 1. The van der Waals surface area contributed by atoms with Crippen LogP contribution in [0.4, 0.5) is 11.4 Å². The topological polar surface area (TPSA) is 64.3 Å². The van der Waals surface area contributed by atoms with Gasteiger partial charge in [-0.05, 0) is 44.4 Å². The van der Waals surface area contributed by atoms with E-state index >= 15 is 0 Å². The van der Waals surface area contributed by atoms with Crippen molar-refractivity contribution in [3.05, 3.63) is 23.8 Å². The average molecular weight is 262 g/mol. The van der Waals surface area contributed by atoms with Crippen LogP contribution in [0.25, 0.3) is 0 Å². The Labute approximate surface area is 114 Å². The first-order chi connectivity index (χ1) is 8.90. The van der Waals surface area contributed by atoms with Crippen molar-refractivity contribution in [1.29, 1.82) is 0 Å². The molecule has 1 saturated heterocycles. The van der Waals surface area contributed by atoms with Gasteiger partial charge in [0.2, 0.25) is 5.91 Å². The molecule has 1 fully saturated rings. The van der Waals surface area contributed by atoms with E-state index in [9.17, 15) is 4.79 Å². The largest absolute Gasteiger partial charge is 0.397 e. The summed E-state index contributed by atoms with van der Waals surface area (Å²) >= 11 is 0. The molecule has 1 heterocycles. The van der Waals surface area contributed by atoms with Crippen LogP contribution in [0.15, 0.2) is 18.2 Å². The normalized spacial score (nSPS) is 30.3. The van der Waals surface area contributed by atoms with Crippen LogP contribution in [0.1, 0.15) is 26.3 Å². The van der Waals surface area contributed by atoms with Crippen LogP contribution in [0, 0.1) is 18.8 Å². The number of nitrogens with two attached hydrogens (primary N) is 1. The van der Waals surface area contributed by atoms with Gasteiger partial charge in [-0.15, -0.1) is 0 Å². The molecule has 4 atom stereocenters. The summed E-state index contributed by atoms with van der Waals surface area (Å²) in [5, 5.41) is 2.92. The fourth-order valence-corrected chi connectivity index (χ4v) is 2.73. The van der Waals surface area contributed by atoms with E-state index in [4.69, 9.17) is 10.5 Å². The molecule has 0 aromatic heterocycles. The number of hydrogen-bond acceptors (Lipinski definition) is 3. The predicted molar refractivity (Wildman–Crippen MR) is 76.9 cm³/mol. The zero-order valence-corrected chi connectivity index (χ0v) is 11.9. The Morgan fingerprint density at radius 3 is 2.47 bits per heavy atom. The van der Waals surface area contributed by atoms with Gasteiger partial charge >= 0.3 is 0 Å². The van der Waals surface area contributed by atoms with Gasteiger partial charge in [0.05, 0.1) is 29.5 Å². The maximum atomic E-state index is 12.4. The lowest BCUT2D eigenvalue weighted by atomic mass is 9.89. The summed E-state index contributed by atoms with van der Waals surface area (Å²) in [6.07, 6.45) is 0.0535. The third-order valence-electron chi connectivity index (χ3n) is 4.01. The number of anilines is 2. The summed E-state index contributed by atoms with van der Waals surface area (Å²) in [5.41, 5.74) is 8.27. The zero-order valence-electron chi connectivity index (χ0n) is 11.9. The molecular formula is C15H22N2O2. The second-order valence-corrected chi connectivity index (χ2v) is 5.51. The molecule has 0 spiro atoms. The Morgan fingerprint density at radius 2 is 1.95 bits per heavy atom. The quantitative estimate of drug-likeness (QED) is 0.805. The Kier molecular flexibility index (Phi) is 3.80. The van der Waals surface area contributed by atoms with E-state index in [0.717, 1.165) is 5.56 Å². The van der Waals surface area contributed by atoms with Gasteiger partial charge in [-0.2, -0.15) is 0 Å². The minimum atomic E-state index is -0.129. The van der Waals surface area contributed by atoms with Crippen LogP contribution in [0.5, 0.6) is 0 Å².